The van der Waals surface area contributed by atoms with Crippen molar-refractivity contribution in [3.05, 3.63) is 92.9 Å². The highest BCUT2D eigenvalue weighted by Crippen LogP contribution is 2.48. The minimum atomic E-state index is 0.390. The molecule has 0 saturated carbocycles. The molecule has 29 heavy (non-hydrogen) atoms. The molecule has 0 fully saturated rings. The average molecular weight is 457 g/mol. The van der Waals surface area contributed by atoms with Crippen LogP contribution in [0.3, 0.4) is 0 Å². The third-order valence-corrected chi connectivity index (χ3v) is 8.49. The summed E-state index contributed by atoms with van der Waals surface area (Å²) in [6.45, 7) is 4.57. The molecule has 3 aromatic carbocycles. The molecule has 1 atom stereocenters. The second-order valence-corrected chi connectivity index (χ2v) is 11.0. The van der Waals surface area contributed by atoms with Crippen molar-refractivity contribution in [2.45, 2.75) is 35.2 Å². The number of thioether (sulfide) groups is 1. The van der Waals surface area contributed by atoms with E-state index in [2.05, 4.69) is 96.5 Å². The molecular weight excluding hydrogens is 436 g/mol. The van der Waals surface area contributed by atoms with Crippen molar-refractivity contribution < 1.29 is 0 Å². The molecule has 3 aromatic rings. The molecule has 0 spiro atoms. The monoisotopic (exact) mass is 456 g/mol. The van der Waals surface area contributed by atoms with Gasteiger partial charge in [0.25, 0.3) is 0 Å². The van der Waals surface area contributed by atoms with Gasteiger partial charge in [-0.25, -0.2) is 0 Å². The summed E-state index contributed by atoms with van der Waals surface area (Å²) in [5.41, 5.74) is 11.6. The fourth-order valence-electron chi connectivity index (χ4n) is 5.32. The first kappa shape index (κ1) is 17.8. The van der Waals surface area contributed by atoms with Crippen LogP contribution < -0.4 is 10.4 Å². The highest BCUT2D eigenvalue weighted by Gasteiger charge is 2.30. The summed E-state index contributed by atoms with van der Waals surface area (Å²) in [4.78, 5) is 1.41. The zero-order valence-electron chi connectivity index (χ0n) is 16.5. The Balaban J connectivity index is 1.54. The number of hydrogen-bond acceptors (Lipinski definition) is 1. The topological polar surface area (TPSA) is 0 Å². The van der Waals surface area contributed by atoms with Crippen molar-refractivity contribution in [2.24, 2.45) is 0 Å². The fourth-order valence-corrected chi connectivity index (χ4v) is 7.17. The molecule has 142 valence electrons. The number of fused-ring (bicyclic) bond motifs is 5. The van der Waals surface area contributed by atoms with Crippen LogP contribution in [0.5, 0.6) is 0 Å². The summed E-state index contributed by atoms with van der Waals surface area (Å²) in [5, 5.41) is 2.86. The molecule has 3 aliphatic rings. The molecule has 1 heterocycles. The normalized spacial score (nSPS) is 18.8. The van der Waals surface area contributed by atoms with Gasteiger partial charge in [-0.2, -0.15) is 0 Å². The molecule has 2 aliphatic carbocycles. The van der Waals surface area contributed by atoms with E-state index in [0.717, 1.165) is 6.42 Å². The molecule has 0 saturated heterocycles. The maximum Gasteiger partial charge on any atom is 0.0836 e. The van der Waals surface area contributed by atoms with Crippen molar-refractivity contribution in [3.63, 3.8) is 0 Å². The van der Waals surface area contributed by atoms with Gasteiger partial charge in [0.1, 0.15) is 0 Å². The lowest BCUT2D eigenvalue weighted by Crippen LogP contribution is -2.19. The Kier molecular flexibility index (Phi) is 3.98. The maximum atomic E-state index is 3.76. The third-order valence-electron chi connectivity index (χ3n) is 6.71. The van der Waals surface area contributed by atoms with Gasteiger partial charge in [0.15, 0.2) is 0 Å². The number of benzene rings is 3. The van der Waals surface area contributed by atoms with Crippen molar-refractivity contribution in [2.75, 3.05) is 0 Å². The molecule has 1 unspecified atom stereocenters. The minimum absolute atomic E-state index is 0.390. The van der Waals surface area contributed by atoms with Crippen molar-refractivity contribution >= 4 is 45.4 Å². The van der Waals surface area contributed by atoms with Crippen LogP contribution in [0.25, 0.3) is 28.9 Å². The Morgan fingerprint density at radius 1 is 0.931 bits per heavy atom. The van der Waals surface area contributed by atoms with E-state index >= 15 is 0 Å². The SMILES string of the molecule is CC1=Cc2c(C)c3c(cc2=C1CC1c2ccccc2-c2ccccc21)SC(Br)C=3. The highest BCUT2D eigenvalue weighted by atomic mass is 79.9. The van der Waals surface area contributed by atoms with E-state index in [0.29, 0.717) is 10.1 Å². The predicted octanol–water partition coefficient (Wildman–Crippen LogP) is 6.37. The first-order valence-corrected chi connectivity index (χ1v) is 12.0. The molecule has 2 heteroatoms. The zero-order valence-corrected chi connectivity index (χ0v) is 18.9. The standard InChI is InChI=1S/C27H21BrS/c1-15-11-22-16(2)23-14-27(28)29-26(23)13-25(22)21(15)12-24-19-9-5-3-7-17(19)18-8-4-6-10-20(18)24/h3-11,13-14,24,27H,12H2,1-2H3. The van der Waals surface area contributed by atoms with Crippen LogP contribution in [0.1, 0.15) is 41.5 Å². The van der Waals surface area contributed by atoms with E-state index in [-0.39, 0.29) is 0 Å². The van der Waals surface area contributed by atoms with Gasteiger partial charge in [0, 0.05) is 10.8 Å². The summed E-state index contributed by atoms with van der Waals surface area (Å²) in [6.07, 6.45) is 5.82. The lowest BCUT2D eigenvalue weighted by Gasteiger charge is -2.16. The molecule has 0 aromatic heterocycles. The largest absolute Gasteiger partial charge is 0.106 e. The Labute approximate surface area is 184 Å². The molecule has 1 aliphatic heterocycles. The van der Waals surface area contributed by atoms with Crippen molar-refractivity contribution in [1.82, 2.24) is 0 Å². The van der Waals surface area contributed by atoms with E-state index in [1.807, 2.05) is 11.8 Å². The lowest BCUT2D eigenvalue weighted by molar-refractivity contribution is 0.863. The Bertz CT molecular complexity index is 1300. The van der Waals surface area contributed by atoms with Crippen LogP contribution in [0.4, 0.5) is 0 Å². The predicted molar refractivity (Wildman–Crippen MR) is 129 cm³/mol. The molecule has 0 nitrogen and oxygen atoms in total. The second-order valence-electron chi connectivity index (χ2n) is 8.25. The van der Waals surface area contributed by atoms with Gasteiger partial charge in [0.2, 0.25) is 0 Å². The van der Waals surface area contributed by atoms with E-state index in [9.17, 15) is 0 Å². The summed E-state index contributed by atoms with van der Waals surface area (Å²) in [6, 6.07) is 20.4. The molecule has 0 amide bonds. The first-order valence-electron chi connectivity index (χ1n) is 10.2. The summed E-state index contributed by atoms with van der Waals surface area (Å²) < 4.78 is 0.390. The van der Waals surface area contributed by atoms with Crippen LogP contribution in [0.2, 0.25) is 0 Å². The van der Waals surface area contributed by atoms with Gasteiger partial charge >= 0.3 is 0 Å². The Morgan fingerprint density at radius 3 is 2.28 bits per heavy atom. The van der Waals surface area contributed by atoms with Crippen LogP contribution in [-0.2, 0) is 0 Å². The smallest absolute Gasteiger partial charge is 0.0836 e. The maximum absolute atomic E-state index is 3.76. The zero-order chi connectivity index (χ0) is 19.7. The number of halogens is 1. The third kappa shape index (κ3) is 2.59. The van der Waals surface area contributed by atoms with Gasteiger partial charge in [-0.3, -0.25) is 0 Å². The van der Waals surface area contributed by atoms with Gasteiger partial charge in [-0.05, 0) is 81.3 Å². The summed E-state index contributed by atoms with van der Waals surface area (Å²) in [7, 11) is 0. The Morgan fingerprint density at radius 2 is 1.59 bits per heavy atom. The molecule has 6 rings (SSSR count). The van der Waals surface area contributed by atoms with Crippen molar-refractivity contribution in [1.29, 1.82) is 0 Å². The van der Waals surface area contributed by atoms with Crippen LogP contribution >= 0.6 is 27.7 Å². The second kappa shape index (κ2) is 6.48. The van der Waals surface area contributed by atoms with E-state index in [1.54, 1.807) is 0 Å². The fraction of sp³-hybridized carbons (Fsp3) is 0.185. The number of hydrogen-bond donors (Lipinski definition) is 0. The van der Waals surface area contributed by atoms with Crippen LogP contribution in [0.15, 0.2) is 65.1 Å². The highest BCUT2D eigenvalue weighted by molar-refractivity contribution is 9.11. The molecule has 0 N–H and O–H groups in total. The Hall–Kier alpha value is -2.03. The van der Waals surface area contributed by atoms with Gasteiger partial charge in [0.05, 0.1) is 4.16 Å². The van der Waals surface area contributed by atoms with E-state index in [4.69, 9.17) is 0 Å². The molecular formula is C27H21BrS. The van der Waals surface area contributed by atoms with E-state index < -0.39 is 0 Å². The summed E-state index contributed by atoms with van der Waals surface area (Å²) >= 11 is 5.68. The average Bonchev–Trinajstić information content (AvgIpc) is 3.36. The van der Waals surface area contributed by atoms with E-state index in [1.165, 1.54) is 59.9 Å². The van der Waals surface area contributed by atoms with Crippen LogP contribution in [0, 0.1) is 6.92 Å². The number of allylic oxidation sites excluding steroid dienone is 1. The minimum Gasteiger partial charge on any atom is -0.106 e. The van der Waals surface area contributed by atoms with Gasteiger partial charge in [-0.15, -0.1) is 11.8 Å². The lowest BCUT2D eigenvalue weighted by atomic mass is 9.88. The number of rotatable bonds is 2. The number of alkyl halides is 1. The first-order chi connectivity index (χ1) is 14.1. The van der Waals surface area contributed by atoms with Gasteiger partial charge in [-0.1, -0.05) is 76.6 Å². The van der Waals surface area contributed by atoms with Crippen LogP contribution in [-0.4, -0.2) is 4.16 Å². The van der Waals surface area contributed by atoms with Crippen molar-refractivity contribution in [3.8, 4) is 11.1 Å². The molecule has 0 bridgehead atoms. The van der Waals surface area contributed by atoms with Gasteiger partial charge < -0.3 is 0 Å². The molecule has 0 radical (unpaired) electrons. The quantitative estimate of drug-likeness (QED) is 0.403. The summed E-state index contributed by atoms with van der Waals surface area (Å²) in [5.74, 6) is 0.434.